The summed E-state index contributed by atoms with van der Waals surface area (Å²) in [6, 6.07) is 1.86. The fraction of sp³-hybridized carbons (Fsp3) is 0.429. The monoisotopic (exact) mass is 218 g/mol. The molecule has 0 aliphatic carbocycles. The summed E-state index contributed by atoms with van der Waals surface area (Å²) in [5.41, 5.74) is 5.90. The summed E-state index contributed by atoms with van der Waals surface area (Å²) in [6.07, 6.45) is 1.79. The Hall–Kier alpha value is -0.320. The van der Waals surface area contributed by atoms with E-state index in [-0.39, 0.29) is 6.61 Å². The van der Waals surface area contributed by atoms with E-state index in [0.29, 0.717) is 0 Å². The molecule has 0 fully saturated rings. The number of aromatic nitrogens is 1. The highest BCUT2D eigenvalue weighted by molar-refractivity contribution is 9.10. The van der Waals surface area contributed by atoms with Crippen molar-refractivity contribution in [2.45, 2.75) is 12.5 Å². The Morgan fingerprint density at radius 2 is 2.45 bits per heavy atom. The number of aliphatic hydroxyl groups excluding tert-OH is 1. The second kappa shape index (κ2) is 2.97. The lowest BCUT2D eigenvalue weighted by Crippen LogP contribution is -2.37. The van der Waals surface area contributed by atoms with Crippen LogP contribution in [0.15, 0.2) is 16.7 Å². The molecule has 62 valence electrons. The Bertz CT molecular complexity index is 244. The van der Waals surface area contributed by atoms with Crippen LogP contribution in [0, 0.1) is 0 Å². The first-order valence-electron chi connectivity index (χ1n) is 3.30. The predicted octanol–water partition coefficient (Wildman–Crippen LogP) is 0.943. The van der Waals surface area contributed by atoms with Crippen molar-refractivity contribution in [1.82, 2.24) is 4.98 Å². The van der Waals surface area contributed by atoms with Gasteiger partial charge < -0.3 is 15.8 Å². The van der Waals surface area contributed by atoms with Crippen molar-refractivity contribution < 1.29 is 5.11 Å². The van der Waals surface area contributed by atoms with Gasteiger partial charge in [0, 0.05) is 16.4 Å². The Morgan fingerprint density at radius 1 is 1.82 bits per heavy atom. The van der Waals surface area contributed by atoms with E-state index < -0.39 is 5.54 Å². The third-order valence-electron chi connectivity index (χ3n) is 1.59. The molecular formula is C7H11BrN2O. The third-order valence-corrected chi connectivity index (χ3v) is 2.05. The van der Waals surface area contributed by atoms with Crippen LogP contribution in [0.25, 0.3) is 0 Å². The number of H-pyrrole nitrogens is 1. The van der Waals surface area contributed by atoms with Gasteiger partial charge in [0.1, 0.15) is 0 Å². The molecule has 11 heavy (non-hydrogen) atoms. The normalized spacial score (nSPS) is 16.4. The molecule has 1 atom stereocenters. The summed E-state index contributed by atoms with van der Waals surface area (Å²) in [4.78, 5) is 2.96. The van der Waals surface area contributed by atoms with Gasteiger partial charge in [-0.2, -0.15) is 0 Å². The first-order chi connectivity index (χ1) is 5.06. The molecule has 0 saturated carbocycles. The first kappa shape index (κ1) is 8.77. The summed E-state index contributed by atoms with van der Waals surface area (Å²) in [7, 11) is 0. The van der Waals surface area contributed by atoms with Crippen LogP contribution in [0.5, 0.6) is 0 Å². The SMILES string of the molecule is C[C@@](N)(CO)c1cc(Br)c[nH]1. The molecule has 4 N–H and O–H groups in total. The second-order valence-electron chi connectivity index (χ2n) is 2.81. The Balaban J connectivity index is 2.92. The zero-order chi connectivity index (χ0) is 8.48. The number of hydrogen-bond acceptors (Lipinski definition) is 2. The first-order valence-corrected chi connectivity index (χ1v) is 4.10. The maximum atomic E-state index is 8.90. The van der Waals surface area contributed by atoms with E-state index >= 15 is 0 Å². The van der Waals surface area contributed by atoms with Gasteiger partial charge in [-0.15, -0.1) is 0 Å². The van der Waals surface area contributed by atoms with Gasteiger partial charge in [-0.1, -0.05) is 0 Å². The number of halogens is 1. The van der Waals surface area contributed by atoms with Gasteiger partial charge in [-0.25, -0.2) is 0 Å². The van der Waals surface area contributed by atoms with Gasteiger partial charge in [0.05, 0.1) is 12.1 Å². The van der Waals surface area contributed by atoms with Crippen molar-refractivity contribution >= 4 is 15.9 Å². The van der Waals surface area contributed by atoms with Crippen LogP contribution in [0.3, 0.4) is 0 Å². The summed E-state index contributed by atoms with van der Waals surface area (Å²) < 4.78 is 0.942. The van der Waals surface area contributed by atoms with E-state index in [4.69, 9.17) is 10.8 Å². The molecule has 0 amide bonds. The van der Waals surface area contributed by atoms with Crippen molar-refractivity contribution in [3.8, 4) is 0 Å². The van der Waals surface area contributed by atoms with Crippen molar-refractivity contribution in [3.63, 3.8) is 0 Å². The molecule has 1 rings (SSSR count). The van der Waals surface area contributed by atoms with E-state index in [9.17, 15) is 0 Å². The lowest BCUT2D eigenvalue weighted by atomic mass is 10.0. The number of nitrogens with one attached hydrogen (secondary N) is 1. The van der Waals surface area contributed by atoms with Crippen LogP contribution in [0.1, 0.15) is 12.6 Å². The van der Waals surface area contributed by atoms with Gasteiger partial charge in [0.25, 0.3) is 0 Å². The van der Waals surface area contributed by atoms with E-state index in [1.54, 1.807) is 13.1 Å². The van der Waals surface area contributed by atoms with Gasteiger partial charge in [-0.05, 0) is 28.9 Å². The van der Waals surface area contributed by atoms with Crippen molar-refractivity contribution in [2.75, 3.05) is 6.61 Å². The zero-order valence-corrected chi connectivity index (χ0v) is 7.85. The molecule has 4 heteroatoms. The molecule has 0 aliphatic rings. The van der Waals surface area contributed by atoms with Gasteiger partial charge in [0.2, 0.25) is 0 Å². The van der Waals surface area contributed by atoms with Crippen LogP contribution in [0.2, 0.25) is 0 Å². The molecule has 0 aliphatic heterocycles. The number of rotatable bonds is 2. The number of aromatic amines is 1. The van der Waals surface area contributed by atoms with E-state index in [0.717, 1.165) is 10.2 Å². The standard InChI is InChI=1S/C7H11BrN2O/c1-7(9,4-11)6-2-5(8)3-10-6/h2-3,10-11H,4,9H2,1H3/t7-/m1/s1. The molecule has 0 aromatic carbocycles. The highest BCUT2D eigenvalue weighted by Gasteiger charge is 2.21. The number of nitrogens with two attached hydrogens (primary N) is 1. The summed E-state index contributed by atoms with van der Waals surface area (Å²) in [5.74, 6) is 0. The molecule has 0 saturated heterocycles. The maximum absolute atomic E-state index is 8.90. The van der Waals surface area contributed by atoms with Gasteiger partial charge in [0.15, 0.2) is 0 Å². The quantitative estimate of drug-likeness (QED) is 0.693. The number of aliphatic hydroxyl groups is 1. The largest absolute Gasteiger partial charge is 0.394 e. The Kier molecular flexibility index (Phi) is 2.37. The molecular weight excluding hydrogens is 208 g/mol. The zero-order valence-electron chi connectivity index (χ0n) is 6.26. The van der Waals surface area contributed by atoms with Crippen molar-refractivity contribution in [3.05, 3.63) is 22.4 Å². The molecule has 0 radical (unpaired) electrons. The molecule has 0 unspecified atom stereocenters. The lowest BCUT2D eigenvalue weighted by molar-refractivity contribution is 0.207. The van der Waals surface area contributed by atoms with E-state index in [1.165, 1.54) is 0 Å². The van der Waals surface area contributed by atoms with Crippen LogP contribution in [0.4, 0.5) is 0 Å². The molecule has 1 aromatic heterocycles. The van der Waals surface area contributed by atoms with Crippen molar-refractivity contribution in [1.29, 1.82) is 0 Å². The second-order valence-corrected chi connectivity index (χ2v) is 3.72. The third kappa shape index (κ3) is 1.83. The van der Waals surface area contributed by atoms with E-state index in [2.05, 4.69) is 20.9 Å². The van der Waals surface area contributed by atoms with E-state index in [1.807, 2.05) is 6.07 Å². The minimum absolute atomic E-state index is 0.0695. The highest BCUT2D eigenvalue weighted by Crippen LogP contribution is 2.19. The molecule has 1 aromatic rings. The van der Waals surface area contributed by atoms with Crippen LogP contribution < -0.4 is 5.73 Å². The average Bonchev–Trinajstić information content (AvgIpc) is 2.36. The molecule has 3 nitrogen and oxygen atoms in total. The summed E-state index contributed by atoms with van der Waals surface area (Å²) >= 11 is 3.29. The predicted molar refractivity (Wildman–Crippen MR) is 47.1 cm³/mol. The Morgan fingerprint density at radius 3 is 2.82 bits per heavy atom. The van der Waals surface area contributed by atoms with Gasteiger partial charge >= 0.3 is 0 Å². The van der Waals surface area contributed by atoms with Crippen LogP contribution in [-0.2, 0) is 5.54 Å². The Labute approximate surface area is 73.7 Å². The fourth-order valence-corrected chi connectivity index (χ4v) is 1.13. The van der Waals surface area contributed by atoms with Crippen LogP contribution in [-0.4, -0.2) is 16.7 Å². The van der Waals surface area contributed by atoms with Crippen molar-refractivity contribution in [2.24, 2.45) is 5.73 Å². The highest BCUT2D eigenvalue weighted by atomic mass is 79.9. The number of hydrogen-bond donors (Lipinski definition) is 3. The minimum Gasteiger partial charge on any atom is -0.394 e. The smallest absolute Gasteiger partial charge is 0.0767 e. The molecule has 1 heterocycles. The maximum Gasteiger partial charge on any atom is 0.0767 e. The topological polar surface area (TPSA) is 62.0 Å². The molecule has 0 bridgehead atoms. The van der Waals surface area contributed by atoms with Crippen LogP contribution >= 0.6 is 15.9 Å². The van der Waals surface area contributed by atoms with Gasteiger partial charge in [-0.3, -0.25) is 0 Å². The fourth-order valence-electron chi connectivity index (χ4n) is 0.783. The lowest BCUT2D eigenvalue weighted by Gasteiger charge is -2.19. The molecule has 0 spiro atoms. The average molecular weight is 219 g/mol. The minimum atomic E-state index is -0.675. The summed E-state index contributed by atoms with van der Waals surface area (Å²) in [5, 5.41) is 8.90. The summed E-state index contributed by atoms with van der Waals surface area (Å²) in [6.45, 7) is 1.70.